The summed E-state index contributed by atoms with van der Waals surface area (Å²) in [5.74, 6) is -1.33. The Labute approximate surface area is 94.3 Å². The minimum atomic E-state index is -0.967. The number of likely N-dealkylation sites (tertiary alicyclic amines) is 1. The second-order valence-corrected chi connectivity index (χ2v) is 4.04. The second-order valence-electron chi connectivity index (χ2n) is 4.04. The number of rotatable bonds is 4. The molecule has 1 rings (SSSR count). The van der Waals surface area contributed by atoms with E-state index in [1.165, 1.54) is 12.0 Å². The van der Waals surface area contributed by atoms with Crippen molar-refractivity contribution in [2.45, 2.75) is 25.5 Å². The Morgan fingerprint density at radius 3 is 2.69 bits per heavy atom. The average Bonchev–Trinajstić information content (AvgIpc) is 2.61. The van der Waals surface area contributed by atoms with Crippen LogP contribution >= 0.6 is 0 Å². The van der Waals surface area contributed by atoms with E-state index in [0.29, 0.717) is 13.0 Å². The van der Waals surface area contributed by atoms with Gasteiger partial charge in [-0.2, -0.15) is 0 Å². The molecule has 3 atom stereocenters. The van der Waals surface area contributed by atoms with Gasteiger partial charge in [0.15, 0.2) is 0 Å². The molecule has 0 aromatic heterocycles. The number of hydrogen-bond donors (Lipinski definition) is 2. The van der Waals surface area contributed by atoms with Crippen LogP contribution in [0.2, 0.25) is 0 Å². The van der Waals surface area contributed by atoms with E-state index in [2.05, 4.69) is 0 Å². The molecule has 6 heteroatoms. The summed E-state index contributed by atoms with van der Waals surface area (Å²) < 4.78 is 4.93. The molecule has 1 fully saturated rings. The van der Waals surface area contributed by atoms with Crippen molar-refractivity contribution >= 4 is 11.9 Å². The molecule has 3 N–H and O–H groups in total. The van der Waals surface area contributed by atoms with Gasteiger partial charge in [-0.1, -0.05) is 6.92 Å². The SMILES string of the molecule is COC(CN)C(=O)N1CCC(C)C1C(=O)O. The summed E-state index contributed by atoms with van der Waals surface area (Å²) >= 11 is 0. The zero-order valence-corrected chi connectivity index (χ0v) is 9.55. The van der Waals surface area contributed by atoms with E-state index in [1.54, 1.807) is 0 Å². The molecule has 0 spiro atoms. The highest BCUT2D eigenvalue weighted by Gasteiger charge is 2.41. The number of carboxylic acid groups (broad SMARTS) is 1. The van der Waals surface area contributed by atoms with Crippen LogP contribution in [0.1, 0.15) is 13.3 Å². The van der Waals surface area contributed by atoms with Gasteiger partial charge in [0.05, 0.1) is 0 Å². The smallest absolute Gasteiger partial charge is 0.326 e. The first-order chi connectivity index (χ1) is 7.52. The van der Waals surface area contributed by atoms with Crippen LogP contribution < -0.4 is 5.73 Å². The molecule has 1 aliphatic heterocycles. The van der Waals surface area contributed by atoms with Crippen LogP contribution in [0, 0.1) is 5.92 Å². The summed E-state index contributed by atoms with van der Waals surface area (Å²) in [7, 11) is 1.39. The lowest BCUT2D eigenvalue weighted by molar-refractivity contribution is -0.153. The molecule has 1 saturated heterocycles. The van der Waals surface area contributed by atoms with Gasteiger partial charge < -0.3 is 20.5 Å². The summed E-state index contributed by atoms with van der Waals surface area (Å²) in [5, 5.41) is 9.06. The van der Waals surface area contributed by atoms with E-state index >= 15 is 0 Å². The molecule has 1 aliphatic rings. The van der Waals surface area contributed by atoms with Gasteiger partial charge in [0.1, 0.15) is 12.1 Å². The molecule has 1 heterocycles. The molecule has 0 aliphatic carbocycles. The summed E-state index contributed by atoms with van der Waals surface area (Å²) in [6.07, 6.45) is -0.0453. The second kappa shape index (κ2) is 5.27. The Bertz CT molecular complexity index is 278. The molecule has 6 nitrogen and oxygen atoms in total. The number of aliphatic carboxylic acids is 1. The molecule has 0 bridgehead atoms. The zero-order valence-electron chi connectivity index (χ0n) is 9.55. The van der Waals surface area contributed by atoms with Crippen LogP contribution in [-0.2, 0) is 14.3 Å². The van der Waals surface area contributed by atoms with E-state index in [4.69, 9.17) is 15.6 Å². The summed E-state index contributed by atoms with van der Waals surface area (Å²) in [6, 6.07) is -0.753. The Morgan fingerprint density at radius 2 is 2.25 bits per heavy atom. The normalized spacial score (nSPS) is 26.8. The molecular weight excluding hydrogens is 212 g/mol. The number of carboxylic acids is 1. The first-order valence-corrected chi connectivity index (χ1v) is 5.29. The lowest BCUT2D eigenvalue weighted by atomic mass is 10.0. The van der Waals surface area contributed by atoms with Gasteiger partial charge >= 0.3 is 5.97 Å². The van der Waals surface area contributed by atoms with Crippen molar-refractivity contribution in [2.75, 3.05) is 20.2 Å². The summed E-state index contributed by atoms with van der Waals surface area (Å²) in [4.78, 5) is 24.3. The lowest BCUT2D eigenvalue weighted by Gasteiger charge is -2.26. The maximum absolute atomic E-state index is 11.9. The summed E-state index contributed by atoms with van der Waals surface area (Å²) in [6.45, 7) is 2.35. The Hall–Kier alpha value is -1.14. The van der Waals surface area contributed by atoms with Gasteiger partial charge in [-0.3, -0.25) is 4.79 Å². The van der Waals surface area contributed by atoms with Crippen LogP contribution in [0.3, 0.4) is 0 Å². The maximum Gasteiger partial charge on any atom is 0.326 e. The van der Waals surface area contributed by atoms with Crippen LogP contribution in [0.5, 0.6) is 0 Å². The number of hydrogen-bond acceptors (Lipinski definition) is 4. The van der Waals surface area contributed by atoms with Crippen molar-refractivity contribution in [3.63, 3.8) is 0 Å². The fraction of sp³-hybridized carbons (Fsp3) is 0.800. The van der Waals surface area contributed by atoms with Crippen LogP contribution in [0.15, 0.2) is 0 Å². The molecular formula is C10H18N2O4. The highest BCUT2D eigenvalue weighted by atomic mass is 16.5. The predicted molar refractivity (Wildman–Crippen MR) is 56.8 cm³/mol. The van der Waals surface area contributed by atoms with Gasteiger partial charge in [-0.15, -0.1) is 0 Å². The number of carbonyl (C=O) groups is 2. The van der Waals surface area contributed by atoms with Crippen LogP contribution in [-0.4, -0.2) is 54.2 Å². The third-order valence-corrected chi connectivity index (χ3v) is 3.01. The van der Waals surface area contributed by atoms with E-state index in [-0.39, 0.29) is 18.4 Å². The molecule has 0 radical (unpaired) electrons. The monoisotopic (exact) mass is 230 g/mol. The first-order valence-electron chi connectivity index (χ1n) is 5.29. The van der Waals surface area contributed by atoms with Crippen LogP contribution in [0.25, 0.3) is 0 Å². The number of amides is 1. The third kappa shape index (κ3) is 2.33. The van der Waals surface area contributed by atoms with Crippen molar-refractivity contribution in [1.82, 2.24) is 4.90 Å². The standard InChI is InChI=1S/C10H18N2O4/c1-6-3-4-12(8(6)10(14)15)9(13)7(5-11)16-2/h6-8H,3-5,11H2,1-2H3,(H,14,15). The topological polar surface area (TPSA) is 92.9 Å². The largest absolute Gasteiger partial charge is 0.480 e. The molecule has 16 heavy (non-hydrogen) atoms. The Morgan fingerprint density at radius 1 is 1.62 bits per heavy atom. The molecule has 1 amide bonds. The quantitative estimate of drug-likeness (QED) is 0.665. The van der Waals surface area contributed by atoms with Crippen molar-refractivity contribution in [3.8, 4) is 0 Å². The number of ether oxygens (including phenoxy) is 1. The minimum Gasteiger partial charge on any atom is -0.480 e. The zero-order chi connectivity index (χ0) is 12.3. The molecule has 0 saturated carbocycles. The van der Waals surface area contributed by atoms with E-state index in [9.17, 15) is 9.59 Å². The highest BCUT2D eigenvalue weighted by molar-refractivity contribution is 5.87. The first kappa shape index (κ1) is 12.9. The van der Waals surface area contributed by atoms with E-state index < -0.39 is 18.1 Å². The van der Waals surface area contributed by atoms with Crippen molar-refractivity contribution < 1.29 is 19.4 Å². The maximum atomic E-state index is 11.9. The number of carbonyl (C=O) groups excluding carboxylic acids is 1. The number of nitrogens with two attached hydrogens (primary N) is 1. The third-order valence-electron chi connectivity index (χ3n) is 3.01. The van der Waals surface area contributed by atoms with Gasteiger partial charge in [0, 0.05) is 20.2 Å². The fourth-order valence-electron chi connectivity index (χ4n) is 2.05. The van der Waals surface area contributed by atoms with Gasteiger partial charge in [0.25, 0.3) is 5.91 Å². The number of nitrogens with zero attached hydrogens (tertiary/aromatic N) is 1. The van der Waals surface area contributed by atoms with Crippen LogP contribution in [0.4, 0.5) is 0 Å². The molecule has 0 aromatic rings. The lowest BCUT2D eigenvalue weighted by Crippen LogP contribution is -2.49. The molecule has 0 aromatic carbocycles. The van der Waals surface area contributed by atoms with Crippen molar-refractivity contribution in [2.24, 2.45) is 11.7 Å². The molecule has 3 unspecified atom stereocenters. The van der Waals surface area contributed by atoms with E-state index in [0.717, 1.165) is 0 Å². The van der Waals surface area contributed by atoms with Crippen molar-refractivity contribution in [3.05, 3.63) is 0 Å². The minimum absolute atomic E-state index is 0.0308. The Kier molecular flexibility index (Phi) is 4.26. The summed E-state index contributed by atoms with van der Waals surface area (Å²) in [5.41, 5.74) is 5.39. The van der Waals surface area contributed by atoms with Gasteiger partial charge in [-0.25, -0.2) is 4.79 Å². The Balaban J connectivity index is 2.79. The van der Waals surface area contributed by atoms with Gasteiger partial charge in [0.2, 0.25) is 0 Å². The van der Waals surface area contributed by atoms with Crippen molar-refractivity contribution in [1.29, 1.82) is 0 Å². The fourth-order valence-corrected chi connectivity index (χ4v) is 2.05. The number of methoxy groups -OCH3 is 1. The van der Waals surface area contributed by atoms with Gasteiger partial charge in [-0.05, 0) is 12.3 Å². The predicted octanol–water partition coefficient (Wildman–Crippen LogP) is -0.718. The average molecular weight is 230 g/mol. The highest BCUT2D eigenvalue weighted by Crippen LogP contribution is 2.24. The molecule has 92 valence electrons. The van der Waals surface area contributed by atoms with E-state index in [1.807, 2.05) is 6.92 Å².